The average molecular weight is 194 g/mol. The number of hydrogen-bond donors (Lipinski definition) is 2. The summed E-state index contributed by atoms with van der Waals surface area (Å²) in [6.45, 7) is 5.56. The third kappa shape index (κ3) is 1.93. The van der Waals surface area contributed by atoms with Crippen molar-refractivity contribution in [3.05, 3.63) is 34.4 Å². The van der Waals surface area contributed by atoms with Crippen LogP contribution in [0.1, 0.15) is 28.4 Å². The Morgan fingerprint density at radius 3 is 2.00 bits per heavy atom. The first-order valence-corrected chi connectivity index (χ1v) is 4.42. The lowest BCUT2D eigenvalue weighted by molar-refractivity contribution is -0.147. The molecule has 0 aliphatic carbocycles. The third-order valence-electron chi connectivity index (χ3n) is 2.25. The van der Waals surface area contributed by atoms with Gasteiger partial charge in [0.05, 0.1) is 0 Å². The van der Waals surface area contributed by atoms with Gasteiger partial charge in [-0.2, -0.15) is 0 Å². The Labute approximate surface area is 83.0 Å². The van der Waals surface area contributed by atoms with Gasteiger partial charge in [-0.1, -0.05) is 17.7 Å². The molecule has 76 valence electrons. The minimum Gasteiger partial charge on any atom is -0.479 e. The lowest BCUT2D eigenvalue weighted by Crippen LogP contribution is -2.13. The fourth-order valence-electron chi connectivity index (χ4n) is 1.75. The first-order chi connectivity index (χ1) is 6.43. The number of aliphatic hydroxyl groups is 1. The van der Waals surface area contributed by atoms with Crippen molar-refractivity contribution in [1.29, 1.82) is 0 Å². The van der Waals surface area contributed by atoms with E-state index in [-0.39, 0.29) is 0 Å². The van der Waals surface area contributed by atoms with E-state index in [1.807, 2.05) is 32.9 Å². The zero-order valence-electron chi connectivity index (χ0n) is 8.53. The number of carbonyl (C=O) groups is 1. The largest absolute Gasteiger partial charge is 0.479 e. The number of aliphatic carboxylic acids is 1. The summed E-state index contributed by atoms with van der Waals surface area (Å²) < 4.78 is 0. The van der Waals surface area contributed by atoms with E-state index < -0.39 is 12.1 Å². The Kier molecular flexibility index (Phi) is 2.91. The van der Waals surface area contributed by atoms with Gasteiger partial charge in [-0.3, -0.25) is 0 Å². The second-order valence-electron chi connectivity index (χ2n) is 3.55. The molecule has 1 aromatic rings. The van der Waals surface area contributed by atoms with Gasteiger partial charge in [-0.15, -0.1) is 0 Å². The van der Waals surface area contributed by atoms with Crippen molar-refractivity contribution in [2.45, 2.75) is 26.9 Å². The Morgan fingerprint density at radius 1 is 1.21 bits per heavy atom. The normalized spacial score (nSPS) is 12.6. The highest BCUT2D eigenvalue weighted by molar-refractivity contribution is 5.75. The highest BCUT2D eigenvalue weighted by Gasteiger charge is 2.20. The summed E-state index contributed by atoms with van der Waals surface area (Å²) >= 11 is 0. The van der Waals surface area contributed by atoms with Crippen molar-refractivity contribution in [3.8, 4) is 0 Å². The summed E-state index contributed by atoms with van der Waals surface area (Å²) in [4.78, 5) is 10.6. The molecule has 3 nitrogen and oxygen atoms in total. The number of aliphatic hydroxyl groups excluding tert-OH is 1. The zero-order chi connectivity index (χ0) is 10.9. The van der Waals surface area contributed by atoms with Crippen LogP contribution in [0, 0.1) is 20.8 Å². The molecule has 0 fully saturated rings. The Morgan fingerprint density at radius 2 is 1.64 bits per heavy atom. The number of aryl methyl sites for hydroxylation is 3. The number of carboxylic acids is 1. The maximum absolute atomic E-state index is 10.6. The highest BCUT2D eigenvalue weighted by Crippen LogP contribution is 2.23. The maximum atomic E-state index is 10.6. The Balaban J connectivity index is 3.27. The van der Waals surface area contributed by atoms with Crippen molar-refractivity contribution in [2.24, 2.45) is 0 Å². The van der Waals surface area contributed by atoms with Gasteiger partial charge in [-0.05, 0) is 37.5 Å². The van der Waals surface area contributed by atoms with E-state index in [1.165, 1.54) is 0 Å². The molecule has 0 bridgehead atoms. The van der Waals surface area contributed by atoms with Crippen molar-refractivity contribution in [1.82, 2.24) is 0 Å². The molecule has 0 saturated heterocycles. The molecule has 0 spiro atoms. The molecule has 1 rings (SSSR count). The molecule has 1 unspecified atom stereocenters. The monoisotopic (exact) mass is 194 g/mol. The Hall–Kier alpha value is -1.35. The second kappa shape index (κ2) is 3.80. The fraction of sp³-hybridized carbons (Fsp3) is 0.364. The first kappa shape index (κ1) is 10.7. The quantitative estimate of drug-likeness (QED) is 0.753. The molecule has 0 aliphatic rings. The number of rotatable bonds is 2. The van der Waals surface area contributed by atoms with Crippen LogP contribution >= 0.6 is 0 Å². The van der Waals surface area contributed by atoms with Crippen molar-refractivity contribution in [3.63, 3.8) is 0 Å². The van der Waals surface area contributed by atoms with E-state index in [1.54, 1.807) is 0 Å². The van der Waals surface area contributed by atoms with Crippen LogP contribution in [0.15, 0.2) is 12.1 Å². The third-order valence-corrected chi connectivity index (χ3v) is 2.25. The first-order valence-electron chi connectivity index (χ1n) is 4.42. The molecule has 14 heavy (non-hydrogen) atoms. The van der Waals surface area contributed by atoms with E-state index in [2.05, 4.69) is 0 Å². The molecule has 3 heteroatoms. The summed E-state index contributed by atoms with van der Waals surface area (Å²) in [6.07, 6.45) is -1.42. The van der Waals surface area contributed by atoms with E-state index in [4.69, 9.17) is 5.11 Å². The average Bonchev–Trinajstić information content (AvgIpc) is 2.01. The molecule has 0 amide bonds. The van der Waals surface area contributed by atoms with Gasteiger partial charge in [0.1, 0.15) is 0 Å². The maximum Gasteiger partial charge on any atom is 0.337 e. The molecule has 0 aromatic heterocycles. The predicted molar refractivity (Wildman–Crippen MR) is 53.2 cm³/mol. The predicted octanol–water partition coefficient (Wildman–Crippen LogP) is 1.73. The molecular weight excluding hydrogens is 180 g/mol. The lowest BCUT2D eigenvalue weighted by atomic mass is 9.96. The summed E-state index contributed by atoms with van der Waals surface area (Å²) in [6, 6.07) is 3.74. The zero-order valence-corrected chi connectivity index (χ0v) is 8.53. The molecule has 0 radical (unpaired) electrons. The van der Waals surface area contributed by atoms with Crippen LogP contribution < -0.4 is 0 Å². The van der Waals surface area contributed by atoms with E-state index >= 15 is 0 Å². The second-order valence-corrected chi connectivity index (χ2v) is 3.55. The van der Waals surface area contributed by atoms with Gasteiger partial charge in [0.2, 0.25) is 0 Å². The van der Waals surface area contributed by atoms with E-state index in [9.17, 15) is 9.90 Å². The number of benzene rings is 1. The van der Waals surface area contributed by atoms with Gasteiger partial charge in [-0.25, -0.2) is 4.79 Å². The van der Waals surface area contributed by atoms with Gasteiger partial charge < -0.3 is 10.2 Å². The summed E-state index contributed by atoms with van der Waals surface area (Å²) in [5.74, 6) is -1.21. The SMILES string of the molecule is Cc1cc(C)c(C(O)C(=O)O)c(C)c1. The Bertz CT molecular complexity index is 346. The smallest absolute Gasteiger partial charge is 0.337 e. The minimum absolute atomic E-state index is 0.503. The summed E-state index contributed by atoms with van der Waals surface area (Å²) in [5, 5.41) is 18.2. The standard InChI is InChI=1S/C11H14O3/c1-6-4-7(2)9(8(3)5-6)10(12)11(13)14/h4-5,10,12H,1-3H3,(H,13,14). The minimum atomic E-state index is -1.42. The number of hydrogen-bond acceptors (Lipinski definition) is 2. The van der Waals surface area contributed by atoms with Crippen LogP contribution in [0.3, 0.4) is 0 Å². The topological polar surface area (TPSA) is 57.5 Å². The van der Waals surface area contributed by atoms with Gasteiger partial charge in [0, 0.05) is 0 Å². The van der Waals surface area contributed by atoms with Crippen LogP contribution in [-0.4, -0.2) is 16.2 Å². The molecule has 1 atom stereocenters. The van der Waals surface area contributed by atoms with Gasteiger partial charge in [0.25, 0.3) is 0 Å². The fourth-order valence-corrected chi connectivity index (χ4v) is 1.75. The molecule has 0 heterocycles. The van der Waals surface area contributed by atoms with Crippen LogP contribution in [0.5, 0.6) is 0 Å². The lowest BCUT2D eigenvalue weighted by Gasteiger charge is -2.13. The van der Waals surface area contributed by atoms with Crippen molar-refractivity contribution < 1.29 is 15.0 Å². The van der Waals surface area contributed by atoms with E-state index in [0.717, 1.165) is 16.7 Å². The molecule has 2 N–H and O–H groups in total. The number of carboxylic acid groups (broad SMARTS) is 1. The van der Waals surface area contributed by atoms with Crippen LogP contribution in [0.25, 0.3) is 0 Å². The van der Waals surface area contributed by atoms with Crippen LogP contribution in [-0.2, 0) is 4.79 Å². The van der Waals surface area contributed by atoms with Gasteiger partial charge in [0.15, 0.2) is 6.10 Å². The van der Waals surface area contributed by atoms with Gasteiger partial charge >= 0.3 is 5.97 Å². The molecule has 0 saturated carbocycles. The highest BCUT2D eigenvalue weighted by atomic mass is 16.4. The van der Waals surface area contributed by atoms with Crippen LogP contribution in [0.4, 0.5) is 0 Å². The summed E-state index contributed by atoms with van der Waals surface area (Å²) in [7, 11) is 0. The molecule has 0 aliphatic heterocycles. The van der Waals surface area contributed by atoms with Crippen molar-refractivity contribution in [2.75, 3.05) is 0 Å². The van der Waals surface area contributed by atoms with Crippen LogP contribution in [0.2, 0.25) is 0 Å². The summed E-state index contributed by atoms with van der Waals surface area (Å²) in [5.41, 5.74) is 3.21. The van der Waals surface area contributed by atoms with E-state index in [0.29, 0.717) is 5.56 Å². The molecule has 1 aromatic carbocycles. The molecular formula is C11H14O3. The van der Waals surface area contributed by atoms with Crippen molar-refractivity contribution >= 4 is 5.97 Å².